The zero-order valence-electron chi connectivity index (χ0n) is 9.88. The summed E-state index contributed by atoms with van der Waals surface area (Å²) in [4.78, 5) is 14.8. The third-order valence-corrected chi connectivity index (χ3v) is 2.22. The lowest BCUT2D eigenvalue weighted by molar-refractivity contribution is 0.259. The summed E-state index contributed by atoms with van der Waals surface area (Å²) in [6.45, 7) is 2.00. The highest BCUT2D eigenvalue weighted by molar-refractivity contribution is 5.86. The summed E-state index contributed by atoms with van der Waals surface area (Å²) >= 11 is 0. The first kappa shape index (κ1) is 11.9. The standard InChI is InChI=1S/C13H13N3O2/c1-9-5-7-10(8-6-9)18-12-4-2-3-11(15-12)16-13(14)17/h2-8H,1H3,(H3,14,15,16,17). The van der Waals surface area contributed by atoms with Gasteiger partial charge in [-0.25, -0.2) is 4.79 Å². The normalized spacial score (nSPS) is 9.83. The molecule has 0 spiro atoms. The number of rotatable bonds is 3. The Bertz CT molecular complexity index is 552. The van der Waals surface area contributed by atoms with Crippen LogP contribution in [0.25, 0.3) is 0 Å². The maximum Gasteiger partial charge on any atom is 0.317 e. The Kier molecular flexibility index (Phi) is 3.43. The van der Waals surface area contributed by atoms with Crippen LogP contribution in [0.4, 0.5) is 10.6 Å². The van der Waals surface area contributed by atoms with Crippen molar-refractivity contribution in [1.29, 1.82) is 0 Å². The molecule has 1 aromatic carbocycles. The van der Waals surface area contributed by atoms with E-state index in [-0.39, 0.29) is 0 Å². The summed E-state index contributed by atoms with van der Waals surface area (Å²) < 4.78 is 5.55. The molecule has 0 aliphatic rings. The Balaban J connectivity index is 2.13. The zero-order chi connectivity index (χ0) is 13.0. The highest BCUT2D eigenvalue weighted by Crippen LogP contribution is 2.20. The number of benzene rings is 1. The SMILES string of the molecule is Cc1ccc(Oc2cccc(NC(N)=O)n2)cc1. The predicted octanol–water partition coefficient (Wildman–Crippen LogP) is 2.67. The summed E-state index contributed by atoms with van der Waals surface area (Å²) in [7, 11) is 0. The highest BCUT2D eigenvalue weighted by atomic mass is 16.5. The van der Waals surface area contributed by atoms with Gasteiger partial charge < -0.3 is 10.5 Å². The van der Waals surface area contributed by atoms with Gasteiger partial charge in [-0.05, 0) is 25.1 Å². The van der Waals surface area contributed by atoms with Crippen LogP contribution >= 0.6 is 0 Å². The molecular formula is C13H13N3O2. The van der Waals surface area contributed by atoms with Gasteiger partial charge in [0.2, 0.25) is 5.88 Å². The number of aryl methyl sites for hydroxylation is 1. The van der Waals surface area contributed by atoms with Gasteiger partial charge in [-0.15, -0.1) is 0 Å². The Labute approximate surface area is 105 Å². The van der Waals surface area contributed by atoms with E-state index in [1.54, 1.807) is 18.2 Å². The van der Waals surface area contributed by atoms with Gasteiger partial charge in [0, 0.05) is 6.07 Å². The molecule has 18 heavy (non-hydrogen) atoms. The summed E-state index contributed by atoms with van der Waals surface area (Å²) in [5.74, 6) is 1.43. The minimum atomic E-state index is -0.657. The minimum Gasteiger partial charge on any atom is -0.439 e. The van der Waals surface area contributed by atoms with Crippen molar-refractivity contribution in [3.63, 3.8) is 0 Å². The van der Waals surface area contributed by atoms with E-state index < -0.39 is 6.03 Å². The second kappa shape index (κ2) is 5.18. The van der Waals surface area contributed by atoms with Gasteiger partial charge in [0.25, 0.3) is 0 Å². The quantitative estimate of drug-likeness (QED) is 0.870. The molecule has 1 aromatic heterocycles. The molecule has 0 unspecified atom stereocenters. The maximum absolute atomic E-state index is 10.7. The number of nitrogens with one attached hydrogen (secondary N) is 1. The van der Waals surface area contributed by atoms with Crippen LogP contribution in [0.1, 0.15) is 5.56 Å². The van der Waals surface area contributed by atoms with Gasteiger partial charge in [-0.2, -0.15) is 4.98 Å². The lowest BCUT2D eigenvalue weighted by Crippen LogP contribution is -2.19. The van der Waals surface area contributed by atoms with E-state index in [1.807, 2.05) is 31.2 Å². The Hall–Kier alpha value is -2.56. The van der Waals surface area contributed by atoms with Crippen LogP contribution < -0.4 is 15.8 Å². The number of carbonyl (C=O) groups excluding carboxylic acids is 1. The smallest absolute Gasteiger partial charge is 0.317 e. The fraction of sp³-hybridized carbons (Fsp3) is 0.0769. The zero-order valence-corrected chi connectivity index (χ0v) is 9.88. The van der Waals surface area contributed by atoms with Crippen molar-refractivity contribution in [1.82, 2.24) is 4.98 Å². The van der Waals surface area contributed by atoms with E-state index >= 15 is 0 Å². The number of hydrogen-bond donors (Lipinski definition) is 2. The Morgan fingerprint density at radius 3 is 2.61 bits per heavy atom. The number of hydrogen-bond acceptors (Lipinski definition) is 3. The molecule has 0 saturated carbocycles. The molecular weight excluding hydrogens is 230 g/mol. The largest absolute Gasteiger partial charge is 0.439 e. The van der Waals surface area contributed by atoms with Crippen molar-refractivity contribution in [2.45, 2.75) is 6.92 Å². The summed E-state index contributed by atoms with van der Waals surface area (Å²) in [5.41, 5.74) is 6.17. The number of carbonyl (C=O) groups is 1. The molecule has 1 heterocycles. The summed E-state index contributed by atoms with van der Waals surface area (Å²) in [6, 6.07) is 12.0. The minimum absolute atomic E-state index is 0.354. The van der Waals surface area contributed by atoms with Gasteiger partial charge in [0.15, 0.2) is 0 Å². The van der Waals surface area contributed by atoms with E-state index in [0.29, 0.717) is 17.4 Å². The number of nitrogens with two attached hydrogens (primary N) is 1. The first-order valence-corrected chi connectivity index (χ1v) is 5.41. The molecule has 5 heteroatoms. The Morgan fingerprint density at radius 1 is 1.22 bits per heavy atom. The van der Waals surface area contributed by atoms with E-state index in [4.69, 9.17) is 10.5 Å². The van der Waals surface area contributed by atoms with Crippen molar-refractivity contribution >= 4 is 11.8 Å². The first-order valence-electron chi connectivity index (χ1n) is 5.41. The number of primary amides is 1. The van der Waals surface area contributed by atoms with Crippen LogP contribution in [0.3, 0.4) is 0 Å². The molecule has 0 saturated heterocycles. The average Bonchev–Trinajstić information content (AvgIpc) is 2.32. The summed E-state index contributed by atoms with van der Waals surface area (Å²) in [5, 5.41) is 2.39. The second-order valence-corrected chi connectivity index (χ2v) is 3.77. The number of anilines is 1. The van der Waals surface area contributed by atoms with Crippen molar-refractivity contribution < 1.29 is 9.53 Å². The first-order chi connectivity index (χ1) is 8.63. The second-order valence-electron chi connectivity index (χ2n) is 3.77. The van der Waals surface area contributed by atoms with Crippen molar-refractivity contribution in [2.24, 2.45) is 5.73 Å². The highest BCUT2D eigenvalue weighted by Gasteiger charge is 2.02. The Morgan fingerprint density at radius 2 is 1.94 bits per heavy atom. The third-order valence-electron chi connectivity index (χ3n) is 2.22. The molecule has 3 N–H and O–H groups in total. The molecule has 5 nitrogen and oxygen atoms in total. The number of aromatic nitrogens is 1. The van der Waals surface area contributed by atoms with Crippen LogP contribution in [-0.2, 0) is 0 Å². The molecule has 0 aliphatic carbocycles. The fourth-order valence-electron chi connectivity index (χ4n) is 1.39. The van der Waals surface area contributed by atoms with Gasteiger partial charge in [0.05, 0.1) is 0 Å². The van der Waals surface area contributed by atoms with E-state index in [9.17, 15) is 4.79 Å². The predicted molar refractivity (Wildman–Crippen MR) is 68.7 cm³/mol. The number of amides is 2. The van der Waals surface area contributed by atoms with Crippen LogP contribution in [-0.4, -0.2) is 11.0 Å². The van der Waals surface area contributed by atoms with E-state index in [1.165, 1.54) is 0 Å². The van der Waals surface area contributed by atoms with E-state index in [0.717, 1.165) is 5.56 Å². The van der Waals surface area contributed by atoms with Crippen molar-refractivity contribution in [3.05, 3.63) is 48.0 Å². The topological polar surface area (TPSA) is 77.2 Å². The van der Waals surface area contributed by atoms with Gasteiger partial charge in [0.1, 0.15) is 11.6 Å². The van der Waals surface area contributed by atoms with Crippen LogP contribution in [0.2, 0.25) is 0 Å². The number of nitrogens with zero attached hydrogens (tertiary/aromatic N) is 1. The molecule has 2 aromatic rings. The summed E-state index contributed by atoms with van der Waals surface area (Å²) in [6.07, 6.45) is 0. The molecule has 92 valence electrons. The number of ether oxygens (including phenoxy) is 1. The van der Waals surface area contributed by atoms with Gasteiger partial charge in [-0.1, -0.05) is 23.8 Å². The number of pyridine rings is 1. The van der Waals surface area contributed by atoms with Crippen LogP contribution in [0.5, 0.6) is 11.6 Å². The van der Waals surface area contributed by atoms with Crippen molar-refractivity contribution in [2.75, 3.05) is 5.32 Å². The maximum atomic E-state index is 10.7. The molecule has 0 bridgehead atoms. The molecule has 0 radical (unpaired) electrons. The monoisotopic (exact) mass is 243 g/mol. The van der Waals surface area contributed by atoms with Gasteiger partial charge >= 0.3 is 6.03 Å². The fourth-order valence-corrected chi connectivity index (χ4v) is 1.39. The van der Waals surface area contributed by atoms with E-state index in [2.05, 4.69) is 10.3 Å². The van der Waals surface area contributed by atoms with Crippen LogP contribution in [0, 0.1) is 6.92 Å². The third kappa shape index (κ3) is 3.21. The average molecular weight is 243 g/mol. The lowest BCUT2D eigenvalue weighted by atomic mass is 10.2. The van der Waals surface area contributed by atoms with Crippen LogP contribution in [0.15, 0.2) is 42.5 Å². The molecule has 0 fully saturated rings. The van der Waals surface area contributed by atoms with Gasteiger partial charge in [-0.3, -0.25) is 5.32 Å². The number of urea groups is 1. The molecule has 2 rings (SSSR count). The lowest BCUT2D eigenvalue weighted by Gasteiger charge is -2.06. The molecule has 0 atom stereocenters. The molecule has 2 amide bonds. The molecule has 0 aliphatic heterocycles. The van der Waals surface area contributed by atoms with Crippen molar-refractivity contribution in [3.8, 4) is 11.6 Å².